The third-order valence-corrected chi connectivity index (χ3v) is 8.37. The van der Waals surface area contributed by atoms with Gasteiger partial charge in [-0.15, -0.1) is 0 Å². The van der Waals surface area contributed by atoms with Crippen molar-refractivity contribution < 1.29 is 17.2 Å². The minimum atomic E-state index is -4.09. The second-order valence-electron chi connectivity index (χ2n) is 8.67. The van der Waals surface area contributed by atoms with Gasteiger partial charge in [0.15, 0.2) is 9.84 Å². The Morgan fingerprint density at radius 1 is 1.06 bits per heavy atom. The Morgan fingerprint density at radius 3 is 2.56 bits per heavy atom. The number of hydrogen-bond acceptors (Lipinski definition) is 5. The number of halogens is 3. The van der Waals surface area contributed by atoms with E-state index in [1.54, 1.807) is 0 Å². The molecule has 174 valence electrons. The quantitative estimate of drug-likeness (QED) is 0.572. The fourth-order valence-corrected chi connectivity index (χ4v) is 6.49. The van der Waals surface area contributed by atoms with Gasteiger partial charge < -0.3 is 5.32 Å². The average Bonchev–Trinajstić information content (AvgIpc) is 2.76. The summed E-state index contributed by atoms with van der Waals surface area (Å²) in [6.45, 7) is 2.16. The number of pyridine rings is 1. The van der Waals surface area contributed by atoms with Crippen LogP contribution in [0.3, 0.4) is 0 Å². The summed E-state index contributed by atoms with van der Waals surface area (Å²) in [6.07, 6.45) is 7.98. The van der Waals surface area contributed by atoms with Gasteiger partial charge >= 0.3 is 0 Å². The van der Waals surface area contributed by atoms with Crippen molar-refractivity contribution in [2.24, 2.45) is 0 Å². The minimum absolute atomic E-state index is 0.00861. The number of rotatable bonds is 6. The number of anilines is 1. The Labute approximate surface area is 193 Å². The van der Waals surface area contributed by atoms with E-state index in [0.29, 0.717) is 11.7 Å². The van der Waals surface area contributed by atoms with E-state index in [9.17, 15) is 17.2 Å². The van der Waals surface area contributed by atoms with Crippen molar-refractivity contribution in [3.8, 4) is 0 Å². The van der Waals surface area contributed by atoms with Gasteiger partial charge in [0.2, 0.25) is 5.95 Å². The number of aromatic nitrogens is 1. The van der Waals surface area contributed by atoms with Crippen LogP contribution in [0.1, 0.15) is 50.6 Å². The molecule has 0 bridgehead atoms. The number of sulfone groups is 1. The first-order valence-electron chi connectivity index (χ1n) is 11.2. The van der Waals surface area contributed by atoms with Crippen molar-refractivity contribution in [2.75, 3.05) is 18.4 Å². The van der Waals surface area contributed by atoms with Crippen LogP contribution in [0.25, 0.3) is 0 Å². The Hall–Kier alpha value is -1.77. The van der Waals surface area contributed by atoms with Crippen LogP contribution in [0.5, 0.6) is 0 Å². The third-order valence-electron chi connectivity index (χ3n) is 6.40. The van der Waals surface area contributed by atoms with Crippen LogP contribution in [0.2, 0.25) is 5.02 Å². The van der Waals surface area contributed by atoms with E-state index in [4.69, 9.17) is 11.6 Å². The molecule has 4 rings (SSSR count). The largest absolute Gasteiger partial charge is 0.379 e. The Kier molecular flexibility index (Phi) is 7.32. The van der Waals surface area contributed by atoms with Crippen LogP contribution in [0, 0.1) is 11.8 Å². The van der Waals surface area contributed by atoms with E-state index in [2.05, 4.69) is 15.2 Å². The number of hydrogen-bond donors (Lipinski definition) is 1. The number of piperidine rings is 1. The summed E-state index contributed by atoms with van der Waals surface area (Å²) in [5.41, 5.74) is 0.412. The lowest BCUT2D eigenvalue weighted by Crippen LogP contribution is -2.50. The molecule has 32 heavy (non-hydrogen) atoms. The molecule has 0 amide bonds. The topological polar surface area (TPSA) is 62.3 Å². The summed E-state index contributed by atoms with van der Waals surface area (Å²) in [4.78, 5) is 5.58. The van der Waals surface area contributed by atoms with E-state index >= 15 is 0 Å². The maximum atomic E-state index is 14.9. The van der Waals surface area contributed by atoms with Crippen LogP contribution in [-0.4, -0.2) is 43.5 Å². The molecule has 1 aromatic carbocycles. The average molecular weight is 484 g/mol. The molecule has 9 heteroatoms. The van der Waals surface area contributed by atoms with Gasteiger partial charge in [-0.1, -0.05) is 36.9 Å². The van der Waals surface area contributed by atoms with Gasteiger partial charge in [-0.25, -0.2) is 17.8 Å². The molecular formula is C23H28ClF2N3O2S. The lowest BCUT2D eigenvalue weighted by molar-refractivity contribution is 0.121. The lowest BCUT2D eigenvalue weighted by Gasteiger charge is -2.42. The van der Waals surface area contributed by atoms with Crippen molar-refractivity contribution in [2.45, 2.75) is 67.7 Å². The van der Waals surface area contributed by atoms with Gasteiger partial charge in [0, 0.05) is 12.1 Å². The molecule has 0 unspecified atom stereocenters. The Morgan fingerprint density at radius 2 is 1.81 bits per heavy atom. The summed E-state index contributed by atoms with van der Waals surface area (Å²) in [5, 5.41) is 3.56. The van der Waals surface area contributed by atoms with Gasteiger partial charge in [0.25, 0.3) is 0 Å². The molecule has 1 N–H and O–H groups in total. The summed E-state index contributed by atoms with van der Waals surface area (Å²) in [5.74, 6) is -2.27. The van der Waals surface area contributed by atoms with E-state index in [1.807, 2.05) is 0 Å². The zero-order valence-electron chi connectivity index (χ0n) is 17.9. The number of likely N-dealkylation sites (tertiary alicyclic amines) is 1. The van der Waals surface area contributed by atoms with Gasteiger partial charge in [0.1, 0.15) is 10.7 Å². The first-order chi connectivity index (χ1) is 15.3. The zero-order valence-corrected chi connectivity index (χ0v) is 19.4. The van der Waals surface area contributed by atoms with Crippen LogP contribution in [-0.2, 0) is 15.6 Å². The highest BCUT2D eigenvalue weighted by atomic mass is 35.5. The summed E-state index contributed by atoms with van der Waals surface area (Å²) in [6, 6.07) is 6.69. The third kappa shape index (κ3) is 5.41. The van der Waals surface area contributed by atoms with Gasteiger partial charge in [0.05, 0.1) is 22.2 Å². The van der Waals surface area contributed by atoms with Crippen molar-refractivity contribution in [3.63, 3.8) is 0 Å². The predicted molar refractivity (Wildman–Crippen MR) is 122 cm³/mol. The minimum Gasteiger partial charge on any atom is -0.379 e. The maximum absolute atomic E-state index is 14.9. The Bertz CT molecular complexity index is 1060. The summed E-state index contributed by atoms with van der Waals surface area (Å²) in [7, 11) is -4.09. The fraction of sp³-hybridized carbons (Fsp3) is 0.522. The maximum Gasteiger partial charge on any atom is 0.213 e. The molecule has 1 saturated heterocycles. The standard InChI is InChI=1S/C23H28ClF2N3O2S/c24-17-13-22(32(30,31)15-16-7-6-10-23(26)27-16)18(25)14-20(17)28-19-8-2-3-9-21(19)29-11-4-1-5-12-29/h6-7,10,13-14,19,21,28H,1-5,8-9,11-12,15H2/t19-,21-/m1/s1. The van der Waals surface area contributed by atoms with Crippen LogP contribution >= 0.6 is 11.6 Å². The molecule has 2 fully saturated rings. The molecule has 2 aliphatic rings. The molecule has 1 aromatic heterocycles. The monoisotopic (exact) mass is 483 g/mol. The number of benzene rings is 1. The van der Waals surface area contributed by atoms with E-state index in [0.717, 1.165) is 50.6 Å². The molecule has 2 atom stereocenters. The summed E-state index contributed by atoms with van der Waals surface area (Å²) < 4.78 is 53.8. The molecule has 5 nitrogen and oxygen atoms in total. The highest BCUT2D eigenvalue weighted by Gasteiger charge is 2.32. The normalized spacial score (nSPS) is 22.6. The van der Waals surface area contributed by atoms with E-state index in [1.165, 1.54) is 37.8 Å². The molecule has 2 heterocycles. The molecular weight excluding hydrogens is 456 g/mol. The van der Waals surface area contributed by atoms with Gasteiger partial charge in [-0.3, -0.25) is 4.90 Å². The Balaban J connectivity index is 1.54. The van der Waals surface area contributed by atoms with E-state index in [-0.39, 0.29) is 16.8 Å². The first-order valence-corrected chi connectivity index (χ1v) is 13.2. The second kappa shape index (κ2) is 10.0. The molecule has 1 aliphatic heterocycles. The molecule has 1 aliphatic carbocycles. The lowest BCUT2D eigenvalue weighted by atomic mass is 9.88. The predicted octanol–water partition coefficient (Wildman–Crippen LogP) is 5.20. The van der Waals surface area contributed by atoms with Crippen molar-refractivity contribution in [3.05, 3.63) is 52.8 Å². The fourth-order valence-electron chi connectivity index (χ4n) is 4.85. The number of nitrogens with one attached hydrogen (secondary N) is 1. The van der Waals surface area contributed by atoms with Crippen molar-refractivity contribution >= 4 is 27.1 Å². The number of nitrogens with zero attached hydrogens (tertiary/aromatic N) is 2. The van der Waals surface area contributed by atoms with Crippen molar-refractivity contribution in [1.29, 1.82) is 0 Å². The van der Waals surface area contributed by atoms with Gasteiger partial charge in [-0.2, -0.15) is 4.39 Å². The van der Waals surface area contributed by atoms with Crippen LogP contribution < -0.4 is 5.32 Å². The summed E-state index contributed by atoms with van der Waals surface area (Å²) >= 11 is 6.41. The highest BCUT2D eigenvalue weighted by Crippen LogP contribution is 2.33. The smallest absolute Gasteiger partial charge is 0.213 e. The molecule has 0 spiro atoms. The van der Waals surface area contributed by atoms with Crippen molar-refractivity contribution in [1.82, 2.24) is 9.88 Å². The van der Waals surface area contributed by atoms with Gasteiger partial charge in [-0.05, 0) is 63.0 Å². The van der Waals surface area contributed by atoms with Crippen LogP contribution in [0.4, 0.5) is 14.5 Å². The molecule has 1 saturated carbocycles. The van der Waals surface area contributed by atoms with Crippen LogP contribution in [0.15, 0.2) is 35.2 Å². The SMILES string of the molecule is O=S(=O)(Cc1cccc(F)n1)c1cc(Cl)c(N[C@@H]2CCCC[C@H]2N2CCCCC2)cc1F. The second-order valence-corrected chi connectivity index (χ2v) is 11.0. The first kappa shape index (κ1) is 23.4. The highest BCUT2D eigenvalue weighted by molar-refractivity contribution is 7.90. The zero-order chi connectivity index (χ0) is 22.7. The molecule has 0 radical (unpaired) electrons. The van der Waals surface area contributed by atoms with E-state index < -0.39 is 32.3 Å². The molecule has 2 aromatic rings.